The zero-order valence-corrected chi connectivity index (χ0v) is 16.6. The van der Waals surface area contributed by atoms with Crippen molar-refractivity contribution < 1.29 is 22.0 Å². The smallest absolute Gasteiger partial charge is 0.226 e. The Morgan fingerprint density at radius 2 is 1.72 bits per heavy atom. The van der Waals surface area contributed by atoms with Crippen LogP contribution in [0.5, 0.6) is 5.75 Å². The highest BCUT2D eigenvalue weighted by Crippen LogP contribution is 2.33. The number of halogens is 4. The van der Waals surface area contributed by atoms with E-state index in [4.69, 9.17) is 55.8 Å². The van der Waals surface area contributed by atoms with Crippen LogP contribution in [0, 0.1) is 0 Å². The van der Waals surface area contributed by atoms with Crippen molar-refractivity contribution in [2.45, 2.75) is 25.9 Å². The van der Waals surface area contributed by atoms with Gasteiger partial charge in [-0.2, -0.15) is 10.1 Å². The molecule has 4 N–H and O–H groups in total. The summed E-state index contributed by atoms with van der Waals surface area (Å²) in [4.78, 5) is 13.7. The van der Waals surface area contributed by atoms with Crippen molar-refractivity contribution in [2.75, 3.05) is 13.2 Å². The van der Waals surface area contributed by atoms with Crippen LogP contribution in [0.2, 0.25) is 15.1 Å². The molecule has 1 aliphatic heterocycles. The summed E-state index contributed by atoms with van der Waals surface area (Å²) in [6.07, 6.45) is 0.579. The molecule has 0 saturated heterocycles. The molecule has 0 bridgehead atoms. The zero-order valence-electron chi connectivity index (χ0n) is 13.6. The fourth-order valence-corrected chi connectivity index (χ4v) is 2.62. The van der Waals surface area contributed by atoms with Crippen LogP contribution in [0.1, 0.15) is 20.3 Å². The van der Waals surface area contributed by atoms with Crippen LogP contribution in [0.3, 0.4) is 0 Å². The van der Waals surface area contributed by atoms with Gasteiger partial charge in [-0.05, 0) is 19.9 Å². The van der Waals surface area contributed by atoms with Crippen molar-refractivity contribution in [1.29, 1.82) is 0 Å². The number of nitrogens with zero attached hydrogens (tertiary/aromatic N) is 3. The minimum Gasteiger partial charge on any atom is -1.00 e. The average molecular weight is 430 g/mol. The molecule has 1 aliphatic rings. The molecule has 0 saturated carbocycles. The SMILES string of the molecule is CC1(C)N=C(N)N=C(N)N1OCCCOc1cc(Cl)c(Cl)cc1Cl.[Cl-]. The molecule has 1 heterocycles. The zero-order chi connectivity index (χ0) is 17.9. The second kappa shape index (κ2) is 9.00. The van der Waals surface area contributed by atoms with Gasteiger partial charge in [0.2, 0.25) is 11.9 Å². The summed E-state index contributed by atoms with van der Waals surface area (Å²) >= 11 is 17.8. The van der Waals surface area contributed by atoms with Gasteiger partial charge in [-0.25, -0.2) is 4.99 Å². The quantitative estimate of drug-likeness (QED) is 0.491. The summed E-state index contributed by atoms with van der Waals surface area (Å²) in [6, 6.07) is 3.11. The number of hydroxylamine groups is 2. The summed E-state index contributed by atoms with van der Waals surface area (Å²) in [5.74, 6) is 0.735. The van der Waals surface area contributed by atoms with Crippen LogP contribution in [-0.2, 0) is 4.84 Å². The molecule has 0 aromatic heterocycles. The van der Waals surface area contributed by atoms with E-state index in [2.05, 4.69) is 9.98 Å². The number of hydrogen-bond donors (Lipinski definition) is 2. The van der Waals surface area contributed by atoms with E-state index < -0.39 is 5.66 Å². The lowest BCUT2D eigenvalue weighted by Gasteiger charge is -2.36. The van der Waals surface area contributed by atoms with E-state index in [0.29, 0.717) is 40.5 Å². The molecule has 0 amide bonds. The molecular weight excluding hydrogens is 412 g/mol. The van der Waals surface area contributed by atoms with E-state index in [9.17, 15) is 0 Å². The lowest BCUT2D eigenvalue weighted by Crippen LogP contribution is -3.00. The number of aliphatic imine (C=N–C) groups is 2. The number of rotatable bonds is 6. The number of hydrogen-bond acceptors (Lipinski definition) is 7. The van der Waals surface area contributed by atoms with Crippen molar-refractivity contribution in [1.82, 2.24) is 5.06 Å². The Kier molecular flexibility index (Phi) is 7.89. The Morgan fingerprint density at radius 3 is 2.36 bits per heavy atom. The largest absolute Gasteiger partial charge is 1.00 e. The molecule has 25 heavy (non-hydrogen) atoms. The lowest BCUT2D eigenvalue weighted by molar-refractivity contribution is -0.158. The van der Waals surface area contributed by atoms with Crippen LogP contribution in [0.4, 0.5) is 0 Å². The van der Waals surface area contributed by atoms with Crippen LogP contribution in [0.25, 0.3) is 0 Å². The topological polar surface area (TPSA) is 98.5 Å². The molecule has 11 heteroatoms. The number of benzene rings is 1. The van der Waals surface area contributed by atoms with Crippen molar-refractivity contribution in [3.05, 3.63) is 27.2 Å². The Balaban J connectivity index is 0.00000312. The van der Waals surface area contributed by atoms with Gasteiger partial charge in [0, 0.05) is 12.5 Å². The van der Waals surface area contributed by atoms with E-state index in [0.717, 1.165) is 0 Å². The maximum Gasteiger partial charge on any atom is 0.226 e. The fourth-order valence-electron chi connectivity index (χ4n) is 2.03. The summed E-state index contributed by atoms with van der Waals surface area (Å²) in [6.45, 7) is 4.34. The molecule has 1 aromatic rings. The number of ether oxygens (including phenoxy) is 1. The van der Waals surface area contributed by atoms with Crippen molar-refractivity contribution in [3.63, 3.8) is 0 Å². The second-order valence-electron chi connectivity index (χ2n) is 5.46. The highest BCUT2D eigenvalue weighted by molar-refractivity contribution is 6.43. The van der Waals surface area contributed by atoms with Gasteiger partial charge in [0.25, 0.3) is 0 Å². The van der Waals surface area contributed by atoms with Gasteiger partial charge in [0.15, 0.2) is 5.66 Å². The molecule has 0 aliphatic carbocycles. The van der Waals surface area contributed by atoms with Gasteiger partial charge in [-0.3, -0.25) is 4.84 Å². The molecule has 0 atom stereocenters. The molecule has 0 unspecified atom stereocenters. The summed E-state index contributed by atoms with van der Waals surface area (Å²) in [5, 5.41) is 2.56. The second-order valence-corrected chi connectivity index (χ2v) is 6.68. The Bertz CT molecular complexity index is 681. The highest BCUT2D eigenvalue weighted by Gasteiger charge is 2.32. The summed E-state index contributed by atoms with van der Waals surface area (Å²) < 4.78 is 5.58. The first-order valence-corrected chi connectivity index (χ1v) is 8.24. The van der Waals surface area contributed by atoms with Gasteiger partial charge in [0.05, 0.1) is 28.3 Å². The predicted molar refractivity (Wildman–Crippen MR) is 96.7 cm³/mol. The first kappa shape index (κ1) is 21.9. The third-order valence-electron chi connectivity index (χ3n) is 3.06. The Hall–Kier alpha value is -1.12. The third-order valence-corrected chi connectivity index (χ3v) is 4.08. The molecule has 0 spiro atoms. The Labute approximate surface area is 167 Å². The maximum atomic E-state index is 6.04. The number of nitrogens with two attached hydrogens (primary N) is 2. The van der Waals surface area contributed by atoms with Crippen molar-refractivity contribution >= 4 is 46.7 Å². The van der Waals surface area contributed by atoms with E-state index in [1.165, 1.54) is 11.1 Å². The lowest BCUT2D eigenvalue weighted by atomic mass is 10.2. The van der Waals surface area contributed by atoms with Crippen molar-refractivity contribution in [3.8, 4) is 5.75 Å². The number of guanidine groups is 2. The fraction of sp³-hybridized carbons (Fsp3) is 0.429. The molecule has 2 rings (SSSR count). The van der Waals surface area contributed by atoms with E-state index in [-0.39, 0.29) is 24.3 Å². The monoisotopic (exact) mass is 428 g/mol. The molecule has 1 aromatic carbocycles. The van der Waals surface area contributed by atoms with E-state index >= 15 is 0 Å². The minimum atomic E-state index is -0.732. The van der Waals surface area contributed by atoms with Crippen LogP contribution in [-0.4, -0.2) is 35.9 Å². The summed E-state index contributed by atoms with van der Waals surface area (Å²) in [5.41, 5.74) is 10.7. The normalized spacial score (nSPS) is 16.0. The maximum absolute atomic E-state index is 6.04. The predicted octanol–water partition coefficient (Wildman–Crippen LogP) is 0.0324. The Morgan fingerprint density at radius 1 is 1.08 bits per heavy atom. The first-order valence-electron chi connectivity index (χ1n) is 7.10. The highest BCUT2D eigenvalue weighted by atomic mass is 35.5. The minimum absolute atomic E-state index is 0. The van der Waals surface area contributed by atoms with Crippen LogP contribution < -0.4 is 28.6 Å². The average Bonchev–Trinajstić information content (AvgIpc) is 2.45. The van der Waals surface area contributed by atoms with Gasteiger partial charge in [0.1, 0.15) is 5.75 Å². The van der Waals surface area contributed by atoms with Gasteiger partial charge >= 0.3 is 0 Å². The van der Waals surface area contributed by atoms with Gasteiger partial charge < -0.3 is 28.6 Å². The van der Waals surface area contributed by atoms with Gasteiger partial charge in [-0.15, -0.1) is 0 Å². The molecule has 140 valence electrons. The standard InChI is InChI=1S/C14H18Cl3N5O2.ClH/c1-14(2)21-12(18)20-13(19)22(14)24-5-3-4-23-11-7-9(16)8(15)6-10(11)17;/h6-7H,3-5H2,1-2H3,(H4,18,19,20,21);1H/p-1. The first-order chi connectivity index (χ1) is 11.2. The third kappa shape index (κ3) is 5.69. The van der Waals surface area contributed by atoms with Gasteiger partial charge in [-0.1, -0.05) is 34.8 Å². The van der Waals surface area contributed by atoms with Crippen molar-refractivity contribution in [2.24, 2.45) is 21.5 Å². The van der Waals surface area contributed by atoms with Crippen LogP contribution >= 0.6 is 34.8 Å². The van der Waals surface area contributed by atoms with E-state index in [1.54, 1.807) is 6.07 Å². The summed E-state index contributed by atoms with van der Waals surface area (Å²) in [7, 11) is 0. The molecule has 7 nitrogen and oxygen atoms in total. The molecular formula is C14H18Cl4N5O2-. The van der Waals surface area contributed by atoms with E-state index in [1.807, 2.05) is 13.8 Å². The molecule has 0 radical (unpaired) electrons. The van der Waals surface area contributed by atoms with Crippen LogP contribution in [0.15, 0.2) is 22.1 Å². The molecule has 0 fully saturated rings.